The van der Waals surface area contributed by atoms with Crippen molar-refractivity contribution in [1.29, 1.82) is 0 Å². The lowest BCUT2D eigenvalue weighted by atomic mass is 10.1. The summed E-state index contributed by atoms with van der Waals surface area (Å²) in [5, 5.41) is 0. The van der Waals surface area contributed by atoms with E-state index in [0.717, 1.165) is 0 Å². The Balaban J connectivity index is 2.94. The molecule has 0 saturated heterocycles. The standard InChI is InChI=1S/C11H13NO3/c1-7(12)11(14)15-10-6-4-3-5-9(10)8(2)13/h3-7H,12H2,1-2H3/t7-/m0/s1. The molecular formula is C11H13NO3. The Kier molecular flexibility index (Phi) is 3.57. The van der Waals surface area contributed by atoms with E-state index in [0.29, 0.717) is 5.56 Å². The van der Waals surface area contributed by atoms with Crippen LogP contribution in [-0.2, 0) is 4.79 Å². The van der Waals surface area contributed by atoms with Crippen molar-refractivity contribution in [3.8, 4) is 5.75 Å². The van der Waals surface area contributed by atoms with Crippen LogP contribution >= 0.6 is 0 Å². The first kappa shape index (κ1) is 11.4. The number of carbonyl (C=O) groups excluding carboxylic acids is 2. The van der Waals surface area contributed by atoms with Crippen molar-refractivity contribution in [1.82, 2.24) is 0 Å². The molecular weight excluding hydrogens is 194 g/mol. The van der Waals surface area contributed by atoms with E-state index < -0.39 is 12.0 Å². The van der Waals surface area contributed by atoms with Gasteiger partial charge in [0.15, 0.2) is 5.78 Å². The SMILES string of the molecule is CC(=O)c1ccccc1OC(=O)[C@H](C)N. The highest BCUT2D eigenvalue weighted by atomic mass is 16.5. The number of hydrogen-bond acceptors (Lipinski definition) is 4. The van der Waals surface area contributed by atoms with E-state index in [9.17, 15) is 9.59 Å². The quantitative estimate of drug-likeness (QED) is 0.458. The molecule has 0 amide bonds. The van der Waals surface area contributed by atoms with Gasteiger partial charge in [-0.15, -0.1) is 0 Å². The van der Waals surface area contributed by atoms with Gasteiger partial charge in [0.2, 0.25) is 0 Å². The monoisotopic (exact) mass is 207 g/mol. The lowest BCUT2D eigenvalue weighted by Gasteiger charge is -2.09. The number of ether oxygens (including phenoxy) is 1. The molecule has 0 aliphatic rings. The van der Waals surface area contributed by atoms with E-state index in [2.05, 4.69) is 0 Å². The second kappa shape index (κ2) is 4.70. The molecule has 0 spiro atoms. The minimum atomic E-state index is -0.704. The highest BCUT2D eigenvalue weighted by Crippen LogP contribution is 2.18. The summed E-state index contributed by atoms with van der Waals surface area (Å²) in [5.41, 5.74) is 5.73. The third-order valence-corrected chi connectivity index (χ3v) is 1.85. The topological polar surface area (TPSA) is 69.4 Å². The number of hydrogen-bond donors (Lipinski definition) is 1. The van der Waals surface area contributed by atoms with E-state index >= 15 is 0 Å². The van der Waals surface area contributed by atoms with Crippen LogP contribution in [0.4, 0.5) is 0 Å². The van der Waals surface area contributed by atoms with Gasteiger partial charge in [-0.05, 0) is 26.0 Å². The molecule has 0 aliphatic carbocycles. The molecule has 1 aromatic carbocycles. The number of Topliss-reactive ketones (excluding diaryl/α,β-unsaturated/α-hetero) is 1. The molecule has 0 bridgehead atoms. The third-order valence-electron chi connectivity index (χ3n) is 1.85. The summed E-state index contributed by atoms with van der Waals surface area (Å²) >= 11 is 0. The van der Waals surface area contributed by atoms with Gasteiger partial charge in [0.05, 0.1) is 5.56 Å². The maximum atomic E-state index is 11.2. The second-order valence-corrected chi connectivity index (χ2v) is 3.26. The number of ketones is 1. The molecule has 15 heavy (non-hydrogen) atoms. The Morgan fingerprint density at radius 1 is 1.33 bits per heavy atom. The molecule has 0 heterocycles. The summed E-state index contributed by atoms with van der Waals surface area (Å²) in [5.74, 6) is -0.445. The number of rotatable bonds is 3. The predicted octanol–water partition coefficient (Wildman–Crippen LogP) is 1.14. The summed E-state index contributed by atoms with van der Waals surface area (Å²) in [6.45, 7) is 2.94. The molecule has 1 atom stereocenters. The highest BCUT2D eigenvalue weighted by Gasteiger charge is 2.14. The molecule has 4 nitrogen and oxygen atoms in total. The number of benzene rings is 1. The van der Waals surface area contributed by atoms with Crippen molar-refractivity contribution in [2.75, 3.05) is 0 Å². The molecule has 1 rings (SSSR count). The molecule has 0 radical (unpaired) electrons. The first-order chi connectivity index (χ1) is 7.02. The number of carbonyl (C=O) groups is 2. The second-order valence-electron chi connectivity index (χ2n) is 3.26. The number of para-hydroxylation sites is 1. The van der Waals surface area contributed by atoms with E-state index in [1.165, 1.54) is 13.8 Å². The Morgan fingerprint density at radius 2 is 1.93 bits per heavy atom. The van der Waals surface area contributed by atoms with Crippen molar-refractivity contribution >= 4 is 11.8 Å². The smallest absolute Gasteiger partial charge is 0.328 e. The fraction of sp³-hybridized carbons (Fsp3) is 0.273. The van der Waals surface area contributed by atoms with Crippen molar-refractivity contribution in [2.45, 2.75) is 19.9 Å². The van der Waals surface area contributed by atoms with Crippen molar-refractivity contribution < 1.29 is 14.3 Å². The van der Waals surface area contributed by atoms with Gasteiger partial charge in [0.1, 0.15) is 11.8 Å². The van der Waals surface area contributed by atoms with Crippen LogP contribution in [0.2, 0.25) is 0 Å². The first-order valence-corrected chi connectivity index (χ1v) is 4.59. The molecule has 1 aromatic rings. The van der Waals surface area contributed by atoms with Gasteiger partial charge in [-0.2, -0.15) is 0 Å². The highest BCUT2D eigenvalue weighted by molar-refractivity contribution is 5.97. The van der Waals surface area contributed by atoms with Gasteiger partial charge in [-0.3, -0.25) is 4.79 Å². The molecule has 0 fully saturated rings. The number of nitrogens with two attached hydrogens (primary N) is 1. The van der Waals surface area contributed by atoms with Crippen molar-refractivity contribution in [3.63, 3.8) is 0 Å². The zero-order valence-electron chi connectivity index (χ0n) is 8.69. The molecule has 80 valence electrons. The lowest BCUT2D eigenvalue weighted by molar-refractivity contribution is -0.135. The van der Waals surface area contributed by atoms with E-state index in [1.54, 1.807) is 24.3 Å². The van der Waals surface area contributed by atoms with Gasteiger partial charge in [0.25, 0.3) is 0 Å². The molecule has 0 aromatic heterocycles. The summed E-state index contributed by atoms with van der Waals surface area (Å²) in [6, 6.07) is 5.87. The first-order valence-electron chi connectivity index (χ1n) is 4.59. The van der Waals surface area contributed by atoms with Crippen LogP contribution in [0.5, 0.6) is 5.75 Å². The molecule has 0 unspecified atom stereocenters. The van der Waals surface area contributed by atoms with Gasteiger partial charge < -0.3 is 10.5 Å². The van der Waals surface area contributed by atoms with Gasteiger partial charge >= 0.3 is 5.97 Å². The maximum absolute atomic E-state index is 11.2. The average molecular weight is 207 g/mol. The summed E-state index contributed by atoms with van der Waals surface area (Å²) in [7, 11) is 0. The zero-order valence-corrected chi connectivity index (χ0v) is 8.69. The van der Waals surface area contributed by atoms with Crippen LogP contribution in [-0.4, -0.2) is 17.8 Å². The minimum absolute atomic E-state index is 0.150. The van der Waals surface area contributed by atoms with E-state index in [-0.39, 0.29) is 11.5 Å². The maximum Gasteiger partial charge on any atom is 0.328 e. The molecule has 0 aliphatic heterocycles. The summed E-state index contributed by atoms with van der Waals surface area (Å²) in [6.07, 6.45) is 0. The van der Waals surface area contributed by atoms with Crippen LogP contribution in [0.1, 0.15) is 24.2 Å². The van der Waals surface area contributed by atoms with E-state index in [1.807, 2.05) is 0 Å². The van der Waals surface area contributed by atoms with Gasteiger partial charge in [0, 0.05) is 0 Å². The summed E-state index contributed by atoms with van der Waals surface area (Å²) in [4.78, 5) is 22.4. The fourth-order valence-electron chi connectivity index (χ4n) is 1.05. The fourth-order valence-corrected chi connectivity index (χ4v) is 1.05. The van der Waals surface area contributed by atoms with Crippen molar-refractivity contribution in [2.24, 2.45) is 5.73 Å². The van der Waals surface area contributed by atoms with Crippen LogP contribution in [0, 0.1) is 0 Å². The molecule has 2 N–H and O–H groups in total. The average Bonchev–Trinajstić information content (AvgIpc) is 2.18. The normalized spacial score (nSPS) is 11.9. The predicted molar refractivity (Wildman–Crippen MR) is 55.7 cm³/mol. The minimum Gasteiger partial charge on any atom is -0.425 e. The number of esters is 1. The molecule has 0 saturated carbocycles. The van der Waals surface area contributed by atoms with Crippen LogP contribution in [0.15, 0.2) is 24.3 Å². The van der Waals surface area contributed by atoms with Gasteiger partial charge in [-0.25, -0.2) is 4.79 Å². The Morgan fingerprint density at radius 3 is 2.47 bits per heavy atom. The largest absolute Gasteiger partial charge is 0.425 e. The van der Waals surface area contributed by atoms with Crippen LogP contribution in [0.25, 0.3) is 0 Å². The lowest BCUT2D eigenvalue weighted by Crippen LogP contribution is -2.31. The summed E-state index contributed by atoms with van der Waals surface area (Å²) < 4.78 is 4.98. The van der Waals surface area contributed by atoms with E-state index in [4.69, 9.17) is 10.5 Å². The Hall–Kier alpha value is -1.68. The third kappa shape index (κ3) is 2.89. The zero-order chi connectivity index (χ0) is 11.4. The van der Waals surface area contributed by atoms with Gasteiger partial charge in [-0.1, -0.05) is 12.1 Å². The Bertz CT molecular complexity index is 385. The Labute approximate surface area is 88.0 Å². The van der Waals surface area contributed by atoms with Crippen LogP contribution < -0.4 is 10.5 Å². The van der Waals surface area contributed by atoms with Crippen molar-refractivity contribution in [3.05, 3.63) is 29.8 Å². The van der Waals surface area contributed by atoms with Crippen LogP contribution in [0.3, 0.4) is 0 Å². The molecule has 4 heteroatoms.